The molecule has 0 aliphatic heterocycles. The molecule has 0 saturated heterocycles. The summed E-state index contributed by atoms with van der Waals surface area (Å²) in [5.74, 6) is -0.401. The van der Waals surface area contributed by atoms with Crippen LogP contribution in [0, 0.1) is 0 Å². The predicted octanol–water partition coefficient (Wildman–Crippen LogP) is 6.37. The summed E-state index contributed by atoms with van der Waals surface area (Å²) in [6, 6.07) is 13.1. The van der Waals surface area contributed by atoms with Crippen LogP contribution >= 0.6 is 27.5 Å². The number of carbonyl (C=O) groups is 1. The number of hydrogen-bond donors (Lipinski definition) is 2. The van der Waals surface area contributed by atoms with E-state index in [1.165, 1.54) is 32.1 Å². The monoisotopic (exact) mass is 492 g/mol. The molecule has 1 atom stereocenters. The number of anilines is 1. The lowest BCUT2D eigenvalue weighted by atomic mass is 9.79. The van der Waals surface area contributed by atoms with E-state index in [2.05, 4.69) is 28.2 Å². The fraction of sp³-hybridized carbons (Fsp3) is 0.458. The van der Waals surface area contributed by atoms with Crippen molar-refractivity contribution >= 4 is 39.2 Å². The SMILES string of the molecule is CCC1(NCc2cc(C(=O)OCC(Cl)c3ccccc3)cc(Br)c2N)CCCCC1. The maximum atomic E-state index is 12.7. The van der Waals surface area contributed by atoms with Gasteiger partial charge in [0.25, 0.3) is 0 Å². The van der Waals surface area contributed by atoms with Crippen LogP contribution in [-0.4, -0.2) is 18.1 Å². The number of halogens is 2. The number of nitrogens with two attached hydrogens (primary N) is 1. The highest BCUT2D eigenvalue weighted by molar-refractivity contribution is 9.10. The van der Waals surface area contributed by atoms with E-state index in [9.17, 15) is 4.79 Å². The molecule has 1 unspecified atom stereocenters. The summed E-state index contributed by atoms with van der Waals surface area (Å²) in [4.78, 5) is 12.7. The number of nitrogen functional groups attached to an aromatic ring is 1. The summed E-state index contributed by atoms with van der Waals surface area (Å²) in [6.45, 7) is 2.97. The van der Waals surface area contributed by atoms with Crippen LogP contribution in [0.1, 0.15) is 72.3 Å². The summed E-state index contributed by atoms with van der Waals surface area (Å²) < 4.78 is 6.18. The first-order valence-corrected chi connectivity index (χ1v) is 11.9. The summed E-state index contributed by atoms with van der Waals surface area (Å²) in [6.07, 6.45) is 7.28. The van der Waals surface area contributed by atoms with Gasteiger partial charge >= 0.3 is 5.97 Å². The first-order chi connectivity index (χ1) is 14.4. The van der Waals surface area contributed by atoms with Crippen molar-refractivity contribution in [3.05, 3.63) is 63.6 Å². The number of benzene rings is 2. The normalized spacial score (nSPS) is 16.8. The van der Waals surface area contributed by atoms with E-state index in [-0.39, 0.29) is 17.5 Å². The third-order valence-corrected chi connectivity index (χ3v) is 7.15. The highest BCUT2D eigenvalue weighted by atomic mass is 79.9. The Hall–Kier alpha value is -1.56. The van der Waals surface area contributed by atoms with Gasteiger partial charge < -0.3 is 15.8 Å². The molecule has 162 valence electrons. The average molecular weight is 494 g/mol. The molecular weight excluding hydrogens is 464 g/mol. The van der Waals surface area contributed by atoms with Crippen LogP contribution in [0.2, 0.25) is 0 Å². The highest BCUT2D eigenvalue weighted by Crippen LogP contribution is 2.32. The number of carbonyl (C=O) groups excluding carboxylic acids is 1. The average Bonchev–Trinajstić information content (AvgIpc) is 2.79. The lowest BCUT2D eigenvalue weighted by Gasteiger charge is -2.38. The van der Waals surface area contributed by atoms with Crippen molar-refractivity contribution in [2.45, 2.75) is 62.9 Å². The van der Waals surface area contributed by atoms with Crippen LogP contribution in [0.25, 0.3) is 0 Å². The zero-order valence-electron chi connectivity index (χ0n) is 17.4. The number of esters is 1. The topological polar surface area (TPSA) is 64.3 Å². The Balaban J connectivity index is 1.67. The number of rotatable bonds is 8. The van der Waals surface area contributed by atoms with Crippen molar-refractivity contribution in [2.24, 2.45) is 0 Å². The van der Waals surface area contributed by atoms with E-state index in [0.717, 1.165) is 17.5 Å². The first-order valence-electron chi connectivity index (χ1n) is 10.6. The molecule has 0 radical (unpaired) electrons. The van der Waals surface area contributed by atoms with Gasteiger partial charge in [0.1, 0.15) is 6.61 Å². The second-order valence-electron chi connectivity index (χ2n) is 8.06. The van der Waals surface area contributed by atoms with Crippen LogP contribution < -0.4 is 11.1 Å². The van der Waals surface area contributed by atoms with Crippen LogP contribution in [0.4, 0.5) is 5.69 Å². The zero-order valence-corrected chi connectivity index (χ0v) is 19.8. The molecule has 1 aliphatic carbocycles. The van der Waals surface area contributed by atoms with E-state index in [1.807, 2.05) is 36.4 Å². The lowest BCUT2D eigenvalue weighted by Crippen LogP contribution is -2.45. The fourth-order valence-corrected chi connectivity index (χ4v) is 4.81. The Morgan fingerprint density at radius 3 is 2.60 bits per heavy atom. The largest absolute Gasteiger partial charge is 0.460 e. The summed E-state index contributed by atoms with van der Waals surface area (Å²) >= 11 is 9.87. The fourth-order valence-electron chi connectivity index (χ4n) is 4.10. The van der Waals surface area contributed by atoms with E-state index >= 15 is 0 Å². The van der Waals surface area contributed by atoms with Crippen molar-refractivity contribution in [3.8, 4) is 0 Å². The molecular formula is C24H30BrClN2O2. The van der Waals surface area contributed by atoms with Gasteiger partial charge in [0.05, 0.1) is 16.6 Å². The Bertz CT molecular complexity index is 854. The van der Waals surface area contributed by atoms with Crippen molar-refractivity contribution < 1.29 is 9.53 Å². The Kier molecular flexibility index (Phi) is 8.20. The third kappa shape index (κ3) is 5.77. The van der Waals surface area contributed by atoms with Crippen LogP contribution in [0.5, 0.6) is 0 Å². The molecule has 0 aromatic heterocycles. The second-order valence-corrected chi connectivity index (χ2v) is 9.44. The molecule has 1 fully saturated rings. The van der Waals surface area contributed by atoms with Crippen molar-refractivity contribution in [1.82, 2.24) is 5.32 Å². The van der Waals surface area contributed by atoms with Crippen LogP contribution in [-0.2, 0) is 11.3 Å². The van der Waals surface area contributed by atoms with Crippen LogP contribution in [0.15, 0.2) is 46.9 Å². The molecule has 30 heavy (non-hydrogen) atoms. The number of hydrogen-bond acceptors (Lipinski definition) is 4. The quantitative estimate of drug-likeness (QED) is 0.255. The van der Waals surface area contributed by atoms with Crippen molar-refractivity contribution in [2.75, 3.05) is 12.3 Å². The van der Waals surface area contributed by atoms with Gasteiger partial charge in [-0.2, -0.15) is 0 Å². The van der Waals surface area contributed by atoms with Gasteiger partial charge in [-0.15, -0.1) is 11.6 Å². The van der Waals surface area contributed by atoms with Gasteiger partial charge in [0, 0.05) is 16.6 Å². The minimum absolute atomic E-state index is 0.110. The molecule has 3 N–H and O–H groups in total. The van der Waals surface area contributed by atoms with E-state index in [4.69, 9.17) is 22.1 Å². The van der Waals surface area contributed by atoms with Gasteiger partial charge in [-0.3, -0.25) is 0 Å². The molecule has 0 amide bonds. The molecule has 1 aliphatic rings. The Morgan fingerprint density at radius 2 is 1.93 bits per heavy atom. The maximum absolute atomic E-state index is 12.7. The number of alkyl halides is 1. The van der Waals surface area contributed by atoms with Gasteiger partial charge in [-0.1, -0.05) is 56.5 Å². The molecule has 1 saturated carbocycles. The Labute approximate surface area is 192 Å². The number of nitrogens with one attached hydrogen (secondary N) is 1. The maximum Gasteiger partial charge on any atom is 0.338 e. The second kappa shape index (κ2) is 10.7. The molecule has 0 heterocycles. The van der Waals surface area contributed by atoms with Gasteiger partial charge in [-0.25, -0.2) is 4.79 Å². The van der Waals surface area contributed by atoms with Gasteiger partial charge in [0.15, 0.2) is 0 Å². The highest BCUT2D eigenvalue weighted by Gasteiger charge is 2.29. The van der Waals surface area contributed by atoms with E-state index < -0.39 is 5.97 Å². The van der Waals surface area contributed by atoms with E-state index in [1.54, 1.807) is 6.07 Å². The predicted molar refractivity (Wildman–Crippen MR) is 127 cm³/mol. The molecule has 0 bridgehead atoms. The molecule has 6 heteroatoms. The first kappa shape index (κ1) is 23.1. The molecule has 4 nitrogen and oxygen atoms in total. The molecule has 0 spiro atoms. The minimum atomic E-state index is -0.401. The third-order valence-electron chi connectivity index (χ3n) is 6.11. The molecule has 2 aromatic carbocycles. The standard InChI is InChI=1S/C24H30BrClN2O2/c1-2-24(11-7-4-8-12-24)28-15-19-13-18(14-20(25)22(19)27)23(29)30-16-21(26)17-9-5-3-6-10-17/h3,5-6,9-10,13-14,21,28H,2,4,7-8,11-12,15-16,27H2,1H3. The summed E-state index contributed by atoms with van der Waals surface area (Å²) in [5, 5.41) is 3.35. The van der Waals surface area contributed by atoms with Crippen molar-refractivity contribution in [1.29, 1.82) is 0 Å². The summed E-state index contributed by atoms with van der Waals surface area (Å²) in [5.41, 5.74) is 9.40. The van der Waals surface area contributed by atoms with E-state index in [0.29, 0.717) is 22.3 Å². The van der Waals surface area contributed by atoms with Crippen molar-refractivity contribution in [3.63, 3.8) is 0 Å². The van der Waals surface area contributed by atoms with Crippen LogP contribution in [0.3, 0.4) is 0 Å². The lowest BCUT2D eigenvalue weighted by molar-refractivity contribution is 0.0504. The summed E-state index contributed by atoms with van der Waals surface area (Å²) in [7, 11) is 0. The molecule has 2 aromatic rings. The smallest absolute Gasteiger partial charge is 0.338 e. The van der Waals surface area contributed by atoms with Gasteiger partial charge in [0.2, 0.25) is 0 Å². The Morgan fingerprint density at radius 1 is 1.23 bits per heavy atom. The van der Waals surface area contributed by atoms with Gasteiger partial charge in [-0.05, 0) is 58.5 Å². The number of ether oxygens (including phenoxy) is 1. The molecule has 3 rings (SSSR count). The zero-order chi connectivity index (χ0) is 21.6. The minimum Gasteiger partial charge on any atom is -0.460 e.